The first-order chi connectivity index (χ1) is 16.5. The molecule has 0 unspecified atom stereocenters. The zero-order valence-electron chi connectivity index (χ0n) is 19.3. The second-order valence-corrected chi connectivity index (χ2v) is 8.69. The molecule has 0 spiro atoms. The van der Waals surface area contributed by atoms with E-state index in [-0.39, 0.29) is 18.2 Å². The van der Waals surface area contributed by atoms with E-state index in [1.54, 1.807) is 19.5 Å². The topological polar surface area (TPSA) is 114 Å². The van der Waals surface area contributed by atoms with Crippen molar-refractivity contribution in [3.8, 4) is 0 Å². The lowest BCUT2D eigenvalue weighted by Gasteiger charge is -2.09. The van der Waals surface area contributed by atoms with Crippen LogP contribution in [0.2, 0.25) is 0 Å². The van der Waals surface area contributed by atoms with Gasteiger partial charge >= 0.3 is 0 Å². The Morgan fingerprint density at radius 2 is 2.12 bits per heavy atom. The van der Waals surface area contributed by atoms with Gasteiger partial charge in [-0.05, 0) is 55.0 Å². The van der Waals surface area contributed by atoms with Crippen LogP contribution in [0.25, 0.3) is 11.2 Å². The van der Waals surface area contributed by atoms with Gasteiger partial charge in [0.25, 0.3) is 5.91 Å². The van der Waals surface area contributed by atoms with E-state index < -0.39 is 0 Å². The predicted molar refractivity (Wildman–Crippen MR) is 131 cm³/mol. The third-order valence-corrected chi connectivity index (χ3v) is 5.94. The van der Waals surface area contributed by atoms with Crippen LogP contribution in [0.5, 0.6) is 0 Å². The van der Waals surface area contributed by atoms with Crippen LogP contribution in [-0.4, -0.2) is 37.6 Å². The molecule has 1 aliphatic rings. The second kappa shape index (κ2) is 9.01. The van der Waals surface area contributed by atoms with Crippen molar-refractivity contribution < 1.29 is 4.79 Å². The van der Waals surface area contributed by atoms with Crippen molar-refractivity contribution in [2.75, 3.05) is 7.05 Å². The molecule has 34 heavy (non-hydrogen) atoms. The summed E-state index contributed by atoms with van der Waals surface area (Å²) in [6, 6.07) is 8.22. The molecular weight excluding hydrogens is 428 g/mol. The van der Waals surface area contributed by atoms with Gasteiger partial charge in [-0.1, -0.05) is 6.07 Å². The molecule has 4 heterocycles. The van der Waals surface area contributed by atoms with Crippen LogP contribution in [0.4, 0.5) is 0 Å². The fourth-order valence-corrected chi connectivity index (χ4v) is 3.99. The summed E-state index contributed by atoms with van der Waals surface area (Å²) in [7, 11) is 1.78. The van der Waals surface area contributed by atoms with E-state index in [4.69, 9.17) is 5.73 Å². The maximum Gasteiger partial charge on any atom is 0.253 e. The molecule has 9 heteroatoms. The van der Waals surface area contributed by atoms with E-state index in [0.29, 0.717) is 24.0 Å². The fraction of sp³-hybridized carbons (Fsp3) is 0.280. The molecule has 1 fully saturated rings. The standard InChI is InChI=1S/C25H28N8O/c1-16-7-8-32-15-29-20(21(32)9-16)10-25(34)31-22(26)11-23(27-2)28-12-19-14-33-13-18(17-3-4-17)5-6-24(33)30-19/h5-9,11,13-15,17,27-28H,3-4,10,12H2,1-2H3,(H2,26,31,34)/b23-11+. The van der Waals surface area contributed by atoms with Gasteiger partial charge in [-0.2, -0.15) is 4.99 Å². The van der Waals surface area contributed by atoms with E-state index in [2.05, 4.69) is 48.3 Å². The van der Waals surface area contributed by atoms with E-state index in [9.17, 15) is 4.79 Å². The SMILES string of the molecule is CN/C(=C\C(N)=NC(=O)Cc1ncn2ccc(C)cc12)NCc1cn2cc(C3CC3)ccc2n1. The number of rotatable bonds is 8. The summed E-state index contributed by atoms with van der Waals surface area (Å²) in [5.74, 6) is 1.12. The van der Waals surface area contributed by atoms with E-state index in [1.807, 2.05) is 35.9 Å². The molecule has 1 saturated carbocycles. The first-order valence-electron chi connectivity index (χ1n) is 11.4. The van der Waals surface area contributed by atoms with Gasteiger partial charge in [-0.15, -0.1) is 0 Å². The van der Waals surface area contributed by atoms with Gasteiger partial charge in [0.15, 0.2) is 0 Å². The third kappa shape index (κ3) is 4.78. The number of hydrogen-bond acceptors (Lipinski definition) is 5. The van der Waals surface area contributed by atoms with Gasteiger partial charge < -0.3 is 25.2 Å². The van der Waals surface area contributed by atoms with E-state index in [0.717, 1.165) is 22.4 Å². The Kier molecular flexibility index (Phi) is 5.75. The molecule has 0 aromatic carbocycles. The molecule has 0 bridgehead atoms. The summed E-state index contributed by atoms with van der Waals surface area (Å²) in [4.78, 5) is 25.5. The predicted octanol–water partition coefficient (Wildman–Crippen LogP) is 2.44. The Balaban J connectivity index is 1.23. The molecular formula is C25H28N8O. The minimum atomic E-state index is -0.349. The number of fused-ring (bicyclic) bond motifs is 2. The Labute approximate surface area is 197 Å². The highest BCUT2D eigenvalue weighted by molar-refractivity contribution is 6.00. The Bertz CT molecular complexity index is 1420. The molecule has 0 radical (unpaired) electrons. The molecule has 1 aliphatic carbocycles. The van der Waals surface area contributed by atoms with Crippen molar-refractivity contribution in [2.45, 2.75) is 38.6 Å². The van der Waals surface area contributed by atoms with Crippen molar-refractivity contribution in [1.82, 2.24) is 29.4 Å². The maximum atomic E-state index is 12.5. The van der Waals surface area contributed by atoms with Gasteiger partial charge in [-0.3, -0.25) is 4.79 Å². The van der Waals surface area contributed by atoms with Gasteiger partial charge in [0.2, 0.25) is 0 Å². The Morgan fingerprint density at radius 3 is 2.91 bits per heavy atom. The number of carbonyl (C=O) groups is 1. The molecule has 0 saturated heterocycles. The lowest BCUT2D eigenvalue weighted by atomic mass is 10.2. The summed E-state index contributed by atoms with van der Waals surface area (Å²) >= 11 is 0. The number of aryl methyl sites for hydroxylation is 1. The van der Waals surface area contributed by atoms with Gasteiger partial charge in [0.05, 0.1) is 36.2 Å². The molecule has 174 valence electrons. The molecule has 4 aromatic heterocycles. The third-order valence-electron chi connectivity index (χ3n) is 5.94. The van der Waals surface area contributed by atoms with E-state index >= 15 is 0 Å². The first-order valence-corrected chi connectivity index (χ1v) is 11.4. The fourth-order valence-electron chi connectivity index (χ4n) is 3.99. The van der Waals surface area contributed by atoms with Crippen LogP contribution in [0, 0.1) is 6.92 Å². The van der Waals surface area contributed by atoms with Crippen molar-refractivity contribution >= 4 is 22.9 Å². The average Bonchev–Trinajstić information content (AvgIpc) is 3.48. The molecule has 9 nitrogen and oxygen atoms in total. The summed E-state index contributed by atoms with van der Waals surface area (Å²) in [6.45, 7) is 2.51. The first kappa shape index (κ1) is 21.7. The van der Waals surface area contributed by atoms with Crippen molar-refractivity contribution in [3.63, 3.8) is 0 Å². The number of aromatic nitrogens is 4. The highest BCUT2D eigenvalue weighted by Gasteiger charge is 2.23. The number of nitrogens with one attached hydrogen (secondary N) is 2. The molecule has 1 amide bonds. The number of amides is 1. The number of nitrogens with two attached hydrogens (primary N) is 1. The average molecular weight is 457 g/mol. The normalized spacial score (nSPS) is 14.6. The van der Waals surface area contributed by atoms with Crippen LogP contribution in [0.15, 0.2) is 66.1 Å². The van der Waals surface area contributed by atoms with E-state index in [1.165, 1.54) is 18.4 Å². The summed E-state index contributed by atoms with van der Waals surface area (Å²) < 4.78 is 3.96. The molecule has 5 rings (SSSR count). The van der Waals surface area contributed by atoms with Crippen LogP contribution in [0.1, 0.15) is 41.3 Å². The molecule has 4 aromatic rings. The highest BCUT2D eigenvalue weighted by atomic mass is 16.1. The number of amidine groups is 1. The zero-order valence-corrected chi connectivity index (χ0v) is 19.3. The Morgan fingerprint density at radius 1 is 1.26 bits per heavy atom. The monoisotopic (exact) mass is 456 g/mol. The highest BCUT2D eigenvalue weighted by Crippen LogP contribution is 2.39. The Hall–Kier alpha value is -4.14. The lowest BCUT2D eigenvalue weighted by molar-refractivity contribution is -0.117. The second-order valence-electron chi connectivity index (χ2n) is 8.69. The minimum absolute atomic E-state index is 0.0842. The maximum absolute atomic E-state index is 12.5. The van der Waals surface area contributed by atoms with Crippen LogP contribution in [0.3, 0.4) is 0 Å². The van der Waals surface area contributed by atoms with Crippen LogP contribution < -0.4 is 16.4 Å². The number of carbonyl (C=O) groups excluding carboxylic acids is 1. The molecule has 4 N–H and O–H groups in total. The van der Waals surface area contributed by atoms with Crippen molar-refractivity contribution in [1.29, 1.82) is 0 Å². The number of pyridine rings is 2. The minimum Gasteiger partial charge on any atom is -0.383 e. The van der Waals surface area contributed by atoms with Gasteiger partial charge in [-0.25, -0.2) is 9.97 Å². The van der Waals surface area contributed by atoms with Gasteiger partial charge in [0, 0.05) is 31.7 Å². The number of nitrogens with zero attached hydrogens (tertiary/aromatic N) is 5. The number of hydrogen-bond donors (Lipinski definition) is 3. The van der Waals surface area contributed by atoms with Gasteiger partial charge in [0.1, 0.15) is 17.3 Å². The summed E-state index contributed by atoms with van der Waals surface area (Å²) in [5.41, 5.74) is 11.9. The zero-order chi connectivity index (χ0) is 23.7. The molecule has 0 atom stereocenters. The lowest BCUT2D eigenvalue weighted by Crippen LogP contribution is -2.26. The molecule has 0 aliphatic heterocycles. The van der Waals surface area contributed by atoms with Crippen LogP contribution >= 0.6 is 0 Å². The smallest absolute Gasteiger partial charge is 0.253 e. The largest absolute Gasteiger partial charge is 0.383 e. The van der Waals surface area contributed by atoms with Crippen LogP contribution in [-0.2, 0) is 17.8 Å². The number of imidazole rings is 2. The number of aliphatic imine (C=N–C) groups is 1. The summed E-state index contributed by atoms with van der Waals surface area (Å²) in [5, 5.41) is 6.31. The van der Waals surface area contributed by atoms with Crippen molar-refractivity contribution in [3.05, 3.63) is 83.6 Å². The quantitative estimate of drug-likeness (QED) is 0.277. The van der Waals surface area contributed by atoms with Crippen molar-refractivity contribution in [2.24, 2.45) is 10.7 Å². The summed E-state index contributed by atoms with van der Waals surface area (Å²) in [6.07, 6.45) is 12.0.